The first-order valence-corrected chi connectivity index (χ1v) is 9.28. The van der Waals surface area contributed by atoms with E-state index in [0.717, 1.165) is 11.3 Å². The maximum Gasteiger partial charge on any atom is 0.390 e. The molecule has 0 saturated heterocycles. The van der Waals surface area contributed by atoms with E-state index in [0.29, 0.717) is 23.6 Å². The molecule has 1 N–H and O–H groups in total. The number of aromatic nitrogens is 4. The summed E-state index contributed by atoms with van der Waals surface area (Å²) in [5.74, 6) is -0.590. The summed E-state index contributed by atoms with van der Waals surface area (Å²) in [7, 11) is 0. The van der Waals surface area contributed by atoms with E-state index < -0.39 is 11.0 Å². The Kier molecular flexibility index (Phi) is 5.49. The molecule has 2 heterocycles. The molecule has 9 nitrogen and oxygen atoms in total. The summed E-state index contributed by atoms with van der Waals surface area (Å²) in [5, 5.41) is 22.3. The third kappa shape index (κ3) is 4.18. The number of amides is 1. The molecule has 1 amide bonds. The molecular formula is C20H24N6O3. The number of hydrogen-bond acceptors (Lipinski definition) is 5. The first-order valence-electron chi connectivity index (χ1n) is 9.28. The Bertz CT molecular complexity index is 1080. The van der Waals surface area contributed by atoms with Gasteiger partial charge in [-0.05, 0) is 45.1 Å². The molecule has 1 unspecified atom stereocenters. The second-order valence-corrected chi connectivity index (χ2v) is 7.20. The van der Waals surface area contributed by atoms with Gasteiger partial charge < -0.3 is 15.4 Å². The van der Waals surface area contributed by atoms with Gasteiger partial charge in [-0.1, -0.05) is 29.8 Å². The van der Waals surface area contributed by atoms with E-state index in [2.05, 4.69) is 21.6 Å². The van der Waals surface area contributed by atoms with Crippen molar-refractivity contribution in [3.63, 3.8) is 0 Å². The normalized spacial score (nSPS) is 12.0. The smallest absolute Gasteiger partial charge is 0.358 e. The molecule has 0 fully saturated rings. The SMILES string of the molecule is Cc1cccc(Cn2nc(C)c(NC(=O)C(C)n3nc([N+](=O)[O-])cc3C)c2C)c1. The third-order valence-corrected chi connectivity index (χ3v) is 4.89. The van der Waals surface area contributed by atoms with Gasteiger partial charge in [0, 0.05) is 0 Å². The highest BCUT2D eigenvalue weighted by molar-refractivity contribution is 5.94. The number of nitro groups is 1. The number of anilines is 1. The monoisotopic (exact) mass is 396 g/mol. The Morgan fingerprint density at radius 1 is 1.21 bits per heavy atom. The molecular weight excluding hydrogens is 372 g/mol. The topological polar surface area (TPSA) is 108 Å². The van der Waals surface area contributed by atoms with E-state index in [4.69, 9.17) is 0 Å². The largest absolute Gasteiger partial charge is 0.390 e. The number of carbonyl (C=O) groups excluding carboxylic acids is 1. The molecule has 0 aliphatic rings. The fraction of sp³-hybridized carbons (Fsp3) is 0.350. The van der Waals surface area contributed by atoms with Crippen molar-refractivity contribution in [2.24, 2.45) is 0 Å². The highest BCUT2D eigenvalue weighted by Crippen LogP contribution is 2.23. The third-order valence-electron chi connectivity index (χ3n) is 4.89. The average molecular weight is 396 g/mol. The standard InChI is InChI=1S/C20H24N6O3/c1-12-7-6-8-17(9-12)11-24-15(4)19(14(3)22-24)21-20(27)16(5)25-13(2)10-18(23-25)26(28)29/h6-10,16H,11H2,1-5H3,(H,21,27). The fourth-order valence-corrected chi connectivity index (χ4v) is 3.31. The number of benzene rings is 1. The zero-order valence-corrected chi connectivity index (χ0v) is 17.1. The zero-order valence-electron chi connectivity index (χ0n) is 17.1. The summed E-state index contributed by atoms with van der Waals surface area (Å²) in [6, 6.07) is 8.83. The van der Waals surface area contributed by atoms with E-state index in [1.54, 1.807) is 13.8 Å². The van der Waals surface area contributed by atoms with Gasteiger partial charge in [-0.3, -0.25) is 9.48 Å². The minimum absolute atomic E-state index is 0.277. The highest BCUT2D eigenvalue weighted by atomic mass is 16.6. The number of carbonyl (C=O) groups is 1. The van der Waals surface area contributed by atoms with Crippen LogP contribution in [0.15, 0.2) is 30.3 Å². The van der Waals surface area contributed by atoms with Crippen LogP contribution in [0.25, 0.3) is 0 Å². The van der Waals surface area contributed by atoms with Crippen molar-refractivity contribution < 1.29 is 9.72 Å². The molecule has 1 aromatic carbocycles. The van der Waals surface area contributed by atoms with Crippen molar-refractivity contribution >= 4 is 17.4 Å². The van der Waals surface area contributed by atoms with Crippen LogP contribution >= 0.6 is 0 Å². The first kappa shape index (κ1) is 20.2. The Hall–Kier alpha value is -3.49. The molecule has 2 aromatic heterocycles. The molecule has 0 radical (unpaired) electrons. The first-order chi connectivity index (χ1) is 13.7. The number of rotatable bonds is 6. The predicted molar refractivity (Wildman–Crippen MR) is 109 cm³/mol. The number of hydrogen-bond donors (Lipinski definition) is 1. The Morgan fingerprint density at radius 3 is 2.55 bits per heavy atom. The molecule has 3 rings (SSSR count). The minimum atomic E-state index is -0.706. The van der Waals surface area contributed by atoms with Crippen LogP contribution in [0.4, 0.5) is 11.5 Å². The number of nitrogens with one attached hydrogen (secondary N) is 1. The summed E-state index contributed by atoms with van der Waals surface area (Å²) in [6.07, 6.45) is 0. The van der Waals surface area contributed by atoms with Crippen molar-refractivity contribution in [2.45, 2.75) is 47.2 Å². The Balaban J connectivity index is 1.80. The van der Waals surface area contributed by atoms with E-state index in [9.17, 15) is 14.9 Å². The molecule has 29 heavy (non-hydrogen) atoms. The van der Waals surface area contributed by atoms with Crippen LogP contribution in [-0.4, -0.2) is 30.4 Å². The van der Waals surface area contributed by atoms with Gasteiger partial charge in [-0.15, -0.1) is 0 Å². The van der Waals surface area contributed by atoms with Gasteiger partial charge in [0.1, 0.15) is 6.04 Å². The summed E-state index contributed by atoms with van der Waals surface area (Å²) >= 11 is 0. The van der Waals surface area contributed by atoms with Crippen LogP contribution < -0.4 is 5.32 Å². The van der Waals surface area contributed by atoms with Crippen LogP contribution in [0.2, 0.25) is 0 Å². The van der Waals surface area contributed by atoms with Crippen LogP contribution in [0, 0.1) is 37.8 Å². The van der Waals surface area contributed by atoms with Crippen molar-refractivity contribution in [3.8, 4) is 0 Å². The second-order valence-electron chi connectivity index (χ2n) is 7.20. The van der Waals surface area contributed by atoms with Crippen LogP contribution in [0.5, 0.6) is 0 Å². The van der Waals surface area contributed by atoms with Crippen molar-refractivity contribution in [2.75, 3.05) is 5.32 Å². The molecule has 0 bridgehead atoms. The Labute approximate surface area is 168 Å². The summed E-state index contributed by atoms with van der Waals surface area (Å²) in [5.41, 5.74) is 5.04. The van der Waals surface area contributed by atoms with Gasteiger partial charge in [0.2, 0.25) is 0 Å². The maximum absolute atomic E-state index is 12.8. The van der Waals surface area contributed by atoms with Gasteiger partial charge in [-0.2, -0.15) is 9.78 Å². The molecule has 1 atom stereocenters. The molecule has 0 spiro atoms. The van der Waals surface area contributed by atoms with Gasteiger partial charge >= 0.3 is 5.82 Å². The molecule has 3 aromatic rings. The molecule has 9 heteroatoms. The van der Waals surface area contributed by atoms with E-state index in [1.165, 1.54) is 16.3 Å². The van der Waals surface area contributed by atoms with Gasteiger partial charge in [0.25, 0.3) is 5.91 Å². The average Bonchev–Trinajstić information content (AvgIpc) is 3.16. The summed E-state index contributed by atoms with van der Waals surface area (Å²) in [4.78, 5) is 23.1. The zero-order chi connectivity index (χ0) is 21.3. The second kappa shape index (κ2) is 7.86. The molecule has 152 valence electrons. The summed E-state index contributed by atoms with van der Waals surface area (Å²) < 4.78 is 3.21. The Morgan fingerprint density at radius 2 is 1.93 bits per heavy atom. The molecule has 0 aliphatic carbocycles. The fourth-order valence-electron chi connectivity index (χ4n) is 3.31. The van der Waals surface area contributed by atoms with E-state index >= 15 is 0 Å². The lowest BCUT2D eigenvalue weighted by atomic mass is 10.1. The van der Waals surface area contributed by atoms with Crippen LogP contribution in [0.1, 0.15) is 41.2 Å². The van der Waals surface area contributed by atoms with Gasteiger partial charge in [-0.25, -0.2) is 0 Å². The predicted octanol–water partition coefficient (Wildman–Crippen LogP) is 3.47. The summed E-state index contributed by atoms with van der Waals surface area (Å²) in [6.45, 7) is 9.72. The number of aryl methyl sites for hydroxylation is 3. The molecule has 0 aliphatic heterocycles. The van der Waals surface area contributed by atoms with E-state index in [-0.39, 0.29) is 11.7 Å². The number of nitrogens with zero attached hydrogens (tertiary/aromatic N) is 5. The molecule has 0 saturated carbocycles. The maximum atomic E-state index is 12.8. The van der Waals surface area contributed by atoms with Crippen molar-refractivity contribution in [1.82, 2.24) is 19.6 Å². The van der Waals surface area contributed by atoms with Crippen LogP contribution in [0.3, 0.4) is 0 Å². The van der Waals surface area contributed by atoms with E-state index in [1.807, 2.05) is 43.7 Å². The lowest BCUT2D eigenvalue weighted by Crippen LogP contribution is -2.25. The van der Waals surface area contributed by atoms with Gasteiger partial charge in [0.05, 0.1) is 40.5 Å². The quantitative estimate of drug-likeness (QED) is 0.507. The van der Waals surface area contributed by atoms with Crippen molar-refractivity contribution in [3.05, 3.63) is 68.7 Å². The minimum Gasteiger partial charge on any atom is -0.358 e. The highest BCUT2D eigenvalue weighted by Gasteiger charge is 2.26. The van der Waals surface area contributed by atoms with Crippen molar-refractivity contribution in [1.29, 1.82) is 0 Å². The lowest BCUT2D eigenvalue weighted by Gasteiger charge is -2.12. The lowest BCUT2D eigenvalue weighted by molar-refractivity contribution is -0.389. The van der Waals surface area contributed by atoms with Crippen LogP contribution in [-0.2, 0) is 11.3 Å². The van der Waals surface area contributed by atoms with Gasteiger partial charge in [0.15, 0.2) is 0 Å².